The van der Waals surface area contributed by atoms with Gasteiger partial charge in [0.25, 0.3) is 5.91 Å². The molecule has 0 spiro atoms. The van der Waals surface area contributed by atoms with Crippen molar-refractivity contribution in [3.05, 3.63) is 95.3 Å². The van der Waals surface area contributed by atoms with Gasteiger partial charge >= 0.3 is 0 Å². The summed E-state index contributed by atoms with van der Waals surface area (Å²) < 4.78 is 46.5. The number of carbonyl (C=O) groups excluding carboxylic acids is 1. The number of nitriles is 1. The number of amides is 1. The maximum absolute atomic E-state index is 13.3. The van der Waals surface area contributed by atoms with E-state index >= 15 is 0 Å². The van der Waals surface area contributed by atoms with Gasteiger partial charge in [-0.1, -0.05) is 30.3 Å². The number of hydrogen-bond acceptors (Lipinski definition) is 5. The Morgan fingerprint density at radius 2 is 1.73 bits per heavy atom. The van der Waals surface area contributed by atoms with Crippen molar-refractivity contribution in [2.45, 2.75) is 31.0 Å². The van der Waals surface area contributed by atoms with Crippen molar-refractivity contribution in [1.82, 2.24) is 10.0 Å². The first kappa shape index (κ1) is 23.9. The van der Waals surface area contributed by atoms with Crippen LogP contribution in [0.5, 0.6) is 5.75 Å². The van der Waals surface area contributed by atoms with Crippen LogP contribution in [0.1, 0.15) is 23.6 Å². The summed E-state index contributed by atoms with van der Waals surface area (Å²) in [6.07, 6.45) is -0.821. The Balaban J connectivity index is 1.58. The van der Waals surface area contributed by atoms with Crippen molar-refractivity contribution in [2.24, 2.45) is 0 Å². The molecule has 3 aromatic carbocycles. The summed E-state index contributed by atoms with van der Waals surface area (Å²) in [4.78, 5) is 12.4. The summed E-state index contributed by atoms with van der Waals surface area (Å²) in [6.45, 7) is 1.62. The monoisotopic (exact) mass is 467 g/mol. The van der Waals surface area contributed by atoms with Crippen LogP contribution in [-0.4, -0.2) is 20.4 Å². The minimum atomic E-state index is -3.83. The first-order valence-electron chi connectivity index (χ1n) is 10.0. The Morgan fingerprint density at radius 3 is 2.45 bits per heavy atom. The zero-order valence-electron chi connectivity index (χ0n) is 17.8. The molecule has 0 heterocycles. The van der Waals surface area contributed by atoms with E-state index in [4.69, 9.17) is 10.00 Å². The number of carbonyl (C=O) groups is 1. The predicted molar refractivity (Wildman–Crippen MR) is 120 cm³/mol. The molecular formula is C24H22FN3O4S. The number of nitrogens with zero attached hydrogens (tertiary/aromatic N) is 1. The van der Waals surface area contributed by atoms with E-state index in [1.54, 1.807) is 43.3 Å². The van der Waals surface area contributed by atoms with Crippen molar-refractivity contribution in [3.63, 3.8) is 0 Å². The minimum absolute atomic E-state index is 0.0308. The van der Waals surface area contributed by atoms with E-state index in [1.165, 1.54) is 36.4 Å². The van der Waals surface area contributed by atoms with Crippen LogP contribution in [0.4, 0.5) is 4.39 Å². The lowest BCUT2D eigenvalue weighted by Gasteiger charge is -2.15. The Kier molecular flexibility index (Phi) is 7.77. The number of sulfonamides is 1. The lowest BCUT2D eigenvalue weighted by atomic mass is 10.2. The average Bonchev–Trinajstić information content (AvgIpc) is 2.81. The van der Waals surface area contributed by atoms with Gasteiger partial charge in [0.1, 0.15) is 11.6 Å². The Hall–Kier alpha value is -3.74. The van der Waals surface area contributed by atoms with E-state index in [0.29, 0.717) is 22.4 Å². The first-order chi connectivity index (χ1) is 15.8. The lowest BCUT2D eigenvalue weighted by Crippen LogP contribution is -2.36. The molecule has 0 aromatic heterocycles. The second-order valence-electron chi connectivity index (χ2n) is 7.22. The van der Waals surface area contributed by atoms with E-state index in [2.05, 4.69) is 10.0 Å². The molecule has 3 rings (SSSR count). The van der Waals surface area contributed by atoms with E-state index in [1.807, 2.05) is 6.07 Å². The molecule has 2 N–H and O–H groups in total. The van der Waals surface area contributed by atoms with Crippen LogP contribution in [0.3, 0.4) is 0 Å². The molecule has 0 saturated carbocycles. The van der Waals surface area contributed by atoms with Crippen LogP contribution >= 0.6 is 0 Å². The SMILES string of the molecule is CC(Oc1cccc(C#N)c1)C(=O)NCc1cccc(S(=O)(=O)NCc2cccc(F)c2)c1. The van der Waals surface area contributed by atoms with Crippen molar-refractivity contribution >= 4 is 15.9 Å². The molecule has 1 unspecified atom stereocenters. The number of rotatable bonds is 9. The molecule has 7 nitrogen and oxygen atoms in total. The van der Waals surface area contributed by atoms with Crippen LogP contribution in [0.15, 0.2) is 77.7 Å². The molecule has 0 radical (unpaired) electrons. The summed E-state index contributed by atoms with van der Waals surface area (Å²) >= 11 is 0. The second kappa shape index (κ2) is 10.7. The van der Waals surface area contributed by atoms with Gasteiger partial charge in [0.15, 0.2) is 6.10 Å². The molecule has 170 valence electrons. The summed E-state index contributed by atoms with van der Waals surface area (Å²) in [7, 11) is -3.83. The van der Waals surface area contributed by atoms with E-state index in [9.17, 15) is 17.6 Å². The van der Waals surface area contributed by atoms with Gasteiger partial charge in [0.05, 0.1) is 16.5 Å². The van der Waals surface area contributed by atoms with Crippen molar-refractivity contribution < 1.29 is 22.3 Å². The number of nitrogens with one attached hydrogen (secondary N) is 2. The van der Waals surface area contributed by atoms with Gasteiger partial charge in [-0.3, -0.25) is 4.79 Å². The molecular weight excluding hydrogens is 445 g/mol. The zero-order valence-corrected chi connectivity index (χ0v) is 18.6. The van der Waals surface area contributed by atoms with Gasteiger partial charge in [-0.25, -0.2) is 17.5 Å². The molecule has 0 saturated heterocycles. The maximum Gasteiger partial charge on any atom is 0.261 e. The number of ether oxygens (including phenoxy) is 1. The third-order valence-corrected chi connectivity index (χ3v) is 6.07. The van der Waals surface area contributed by atoms with Crippen LogP contribution in [0.2, 0.25) is 0 Å². The molecule has 1 amide bonds. The Morgan fingerprint density at radius 1 is 1.03 bits per heavy atom. The normalized spacial score (nSPS) is 11.9. The van der Waals surface area contributed by atoms with Crippen LogP contribution in [0, 0.1) is 17.1 Å². The highest BCUT2D eigenvalue weighted by molar-refractivity contribution is 7.89. The quantitative estimate of drug-likeness (QED) is 0.502. The van der Waals surface area contributed by atoms with Gasteiger partial charge in [-0.2, -0.15) is 5.26 Å². The Labute approximate surface area is 191 Å². The predicted octanol–water partition coefficient (Wildman–Crippen LogP) is 3.26. The van der Waals surface area contributed by atoms with Gasteiger partial charge in [0.2, 0.25) is 10.0 Å². The number of hydrogen-bond donors (Lipinski definition) is 2. The molecule has 3 aromatic rings. The third-order valence-electron chi connectivity index (χ3n) is 4.68. The molecule has 0 aliphatic rings. The molecule has 0 aliphatic heterocycles. The van der Waals surface area contributed by atoms with E-state index in [-0.39, 0.29) is 18.0 Å². The van der Waals surface area contributed by atoms with Crippen LogP contribution < -0.4 is 14.8 Å². The fourth-order valence-corrected chi connectivity index (χ4v) is 4.05. The van der Waals surface area contributed by atoms with Crippen LogP contribution in [-0.2, 0) is 27.9 Å². The summed E-state index contributed by atoms with van der Waals surface area (Å²) in [5.74, 6) is -0.440. The average molecular weight is 468 g/mol. The lowest BCUT2D eigenvalue weighted by molar-refractivity contribution is -0.127. The first-order valence-corrected chi connectivity index (χ1v) is 11.5. The third kappa shape index (κ3) is 6.87. The Bertz CT molecular complexity index is 1290. The van der Waals surface area contributed by atoms with E-state index in [0.717, 1.165) is 0 Å². The topological polar surface area (TPSA) is 108 Å². The fourth-order valence-electron chi connectivity index (χ4n) is 2.96. The van der Waals surface area contributed by atoms with Gasteiger partial charge in [0, 0.05) is 13.1 Å². The van der Waals surface area contributed by atoms with Crippen molar-refractivity contribution in [2.75, 3.05) is 0 Å². The zero-order chi connectivity index (χ0) is 23.8. The molecule has 9 heteroatoms. The highest BCUT2D eigenvalue weighted by atomic mass is 32.2. The summed E-state index contributed by atoms with van der Waals surface area (Å²) in [6, 6.07) is 20.3. The summed E-state index contributed by atoms with van der Waals surface area (Å²) in [5.41, 5.74) is 1.50. The van der Waals surface area contributed by atoms with E-state index < -0.39 is 27.9 Å². The smallest absolute Gasteiger partial charge is 0.261 e. The standard InChI is InChI=1S/C24H22FN3O4S/c1-17(32-22-9-3-5-18(12-22)14-26)24(29)27-15-20-7-4-10-23(13-20)33(30,31)28-16-19-6-2-8-21(25)11-19/h2-13,17,28H,15-16H2,1H3,(H,27,29). The van der Waals surface area contributed by atoms with Crippen molar-refractivity contribution in [3.8, 4) is 11.8 Å². The fraction of sp³-hybridized carbons (Fsp3) is 0.167. The highest BCUT2D eigenvalue weighted by Crippen LogP contribution is 2.15. The summed E-state index contributed by atoms with van der Waals surface area (Å²) in [5, 5.41) is 11.7. The number of halogens is 1. The van der Waals surface area contributed by atoms with Gasteiger partial charge in [-0.05, 0) is 60.5 Å². The van der Waals surface area contributed by atoms with Gasteiger partial charge in [-0.15, -0.1) is 0 Å². The second-order valence-corrected chi connectivity index (χ2v) is 8.99. The minimum Gasteiger partial charge on any atom is -0.481 e. The molecule has 33 heavy (non-hydrogen) atoms. The molecule has 0 fully saturated rings. The maximum atomic E-state index is 13.3. The molecule has 0 bridgehead atoms. The van der Waals surface area contributed by atoms with Crippen LogP contribution in [0.25, 0.3) is 0 Å². The number of benzene rings is 3. The molecule has 1 atom stereocenters. The van der Waals surface area contributed by atoms with Crippen molar-refractivity contribution in [1.29, 1.82) is 5.26 Å². The van der Waals surface area contributed by atoms with Gasteiger partial charge < -0.3 is 10.1 Å². The molecule has 0 aliphatic carbocycles. The highest BCUT2D eigenvalue weighted by Gasteiger charge is 2.17. The largest absolute Gasteiger partial charge is 0.481 e.